The van der Waals surface area contributed by atoms with E-state index in [4.69, 9.17) is 10.5 Å². The van der Waals surface area contributed by atoms with E-state index < -0.39 is 29.9 Å². The predicted molar refractivity (Wildman–Crippen MR) is 99.1 cm³/mol. The molecule has 4 N–H and O–H groups in total. The van der Waals surface area contributed by atoms with Crippen molar-refractivity contribution in [1.29, 1.82) is 0 Å². The number of nitrogens with zero attached hydrogens (tertiary/aromatic N) is 2. The fraction of sp³-hybridized carbons (Fsp3) is 0.150. The Labute approximate surface area is 168 Å². The number of aliphatic hydroxyl groups is 2. The number of ether oxygens (including phenoxy) is 1. The molecular formula is C20H16F3N3O4. The summed E-state index contributed by atoms with van der Waals surface area (Å²) in [5.74, 6) is -0.737. The van der Waals surface area contributed by atoms with Gasteiger partial charge in [-0.1, -0.05) is 6.07 Å². The smallest absolute Gasteiger partial charge is 0.417 e. The summed E-state index contributed by atoms with van der Waals surface area (Å²) < 4.78 is 43.2. The summed E-state index contributed by atoms with van der Waals surface area (Å²) in [6.07, 6.45) is -7.16. The largest absolute Gasteiger partial charge is 0.439 e. The summed E-state index contributed by atoms with van der Waals surface area (Å²) in [7, 11) is 0. The highest BCUT2D eigenvalue weighted by atomic mass is 19.4. The first-order chi connectivity index (χ1) is 14.1. The fourth-order valence-corrected chi connectivity index (χ4v) is 2.52. The SMILES string of the molecule is NC(=O)C(O)C(O)c1cccc(-c2ccc(Oc3ccc(C(F)(F)F)cn3)cc2)n1. The van der Waals surface area contributed by atoms with E-state index in [0.29, 0.717) is 23.2 Å². The number of benzene rings is 1. The number of aliphatic hydroxyl groups excluding tert-OH is 2. The van der Waals surface area contributed by atoms with Crippen LogP contribution in [0.5, 0.6) is 11.6 Å². The van der Waals surface area contributed by atoms with Gasteiger partial charge >= 0.3 is 6.18 Å². The molecule has 0 saturated heterocycles. The van der Waals surface area contributed by atoms with Crippen LogP contribution in [0.1, 0.15) is 17.4 Å². The van der Waals surface area contributed by atoms with Gasteiger partial charge in [0, 0.05) is 17.8 Å². The average Bonchev–Trinajstić information content (AvgIpc) is 2.73. The monoisotopic (exact) mass is 419 g/mol. The lowest BCUT2D eigenvalue weighted by atomic mass is 10.1. The molecule has 0 aliphatic heterocycles. The van der Waals surface area contributed by atoms with Crippen molar-refractivity contribution in [3.05, 3.63) is 72.1 Å². The van der Waals surface area contributed by atoms with E-state index in [1.165, 1.54) is 6.07 Å². The van der Waals surface area contributed by atoms with Gasteiger partial charge in [-0.2, -0.15) is 13.2 Å². The molecule has 0 spiro atoms. The Balaban J connectivity index is 1.74. The van der Waals surface area contributed by atoms with Crippen LogP contribution in [0.4, 0.5) is 13.2 Å². The molecule has 3 aromatic rings. The van der Waals surface area contributed by atoms with E-state index >= 15 is 0 Å². The Bertz CT molecular complexity index is 1020. The number of alkyl halides is 3. The molecule has 0 aliphatic carbocycles. The number of pyridine rings is 2. The lowest BCUT2D eigenvalue weighted by Gasteiger charge is -2.15. The molecule has 30 heavy (non-hydrogen) atoms. The maximum atomic E-state index is 12.6. The van der Waals surface area contributed by atoms with E-state index in [0.717, 1.165) is 12.1 Å². The predicted octanol–water partition coefficient (Wildman–Crippen LogP) is 2.83. The van der Waals surface area contributed by atoms with Crippen molar-refractivity contribution < 1.29 is 32.9 Å². The molecule has 7 nitrogen and oxygen atoms in total. The average molecular weight is 419 g/mol. The number of carbonyl (C=O) groups is 1. The van der Waals surface area contributed by atoms with E-state index in [-0.39, 0.29) is 11.6 Å². The molecule has 3 rings (SSSR count). The van der Waals surface area contributed by atoms with Gasteiger partial charge in [0.15, 0.2) is 6.10 Å². The summed E-state index contributed by atoms with van der Waals surface area (Å²) in [6, 6.07) is 13.1. The van der Waals surface area contributed by atoms with E-state index in [2.05, 4.69) is 9.97 Å². The number of aromatic nitrogens is 2. The molecule has 1 amide bonds. The molecule has 2 unspecified atom stereocenters. The molecule has 0 radical (unpaired) electrons. The zero-order valence-electron chi connectivity index (χ0n) is 15.2. The van der Waals surface area contributed by atoms with Crippen LogP contribution in [0.3, 0.4) is 0 Å². The minimum Gasteiger partial charge on any atom is -0.439 e. The van der Waals surface area contributed by atoms with Crippen molar-refractivity contribution in [2.24, 2.45) is 5.73 Å². The van der Waals surface area contributed by atoms with Crippen LogP contribution in [0.2, 0.25) is 0 Å². The van der Waals surface area contributed by atoms with Gasteiger partial charge in [0.05, 0.1) is 17.0 Å². The normalized spacial score (nSPS) is 13.5. The van der Waals surface area contributed by atoms with Gasteiger partial charge < -0.3 is 20.7 Å². The van der Waals surface area contributed by atoms with Crippen LogP contribution >= 0.6 is 0 Å². The van der Waals surface area contributed by atoms with E-state index in [1.807, 2.05) is 0 Å². The molecule has 1 aromatic carbocycles. The minimum atomic E-state index is -4.48. The zero-order valence-corrected chi connectivity index (χ0v) is 15.2. The maximum absolute atomic E-state index is 12.6. The minimum absolute atomic E-state index is 0.000524. The molecule has 156 valence electrons. The molecule has 10 heteroatoms. The Morgan fingerprint density at radius 2 is 1.73 bits per heavy atom. The van der Waals surface area contributed by atoms with Gasteiger partial charge in [-0.05, 0) is 42.5 Å². The number of nitrogens with two attached hydrogens (primary N) is 1. The summed E-state index contributed by atoms with van der Waals surface area (Å²) in [5, 5.41) is 19.6. The first kappa shape index (κ1) is 21.2. The van der Waals surface area contributed by atoms with Gasteiger partial charge in [0.2, 0.25) is 11.8 Å². The van der Waals surface area contributed by atoms with E-state index in [9.17, 15) is 28.2 Å². The Hall–Kier alpha value is -3.50. The summed E-state index contributed by atoms with van der Waals surface area (Å²) >= 11 is 0. The van der Waals surface area contributed by atoms with Crippen LogP contribution < -0.4 is 10.5 Å². The van der Waals surface area contributed by atoms with Gasteiger partial charge in [-0.15, -0.1) is 0 Å². The van der Waals surface area contributed by atoms with Crippen LogP contribution in [0, 0.1) is 0 Å². The molecule has 0 saturated carbocycles. The molecular weight excluding hydrogens is 403 g/mol. The van der Waals surface area contributed by atoms with E-state index in [1.54, 1.807) is 36.4 Å². The number of primary amides is 1. The van der Waals surface area contributed by atoms with Crippen LogP contribution in [0.15, 0.2) is 60.8 Å². The third kappa shape index (κ3) is 4.91. The molecule has 0 fully saturated rings. The van der Waals surface area contributed by atoms with Crippen molar-refractivity contribution in [2.75, 3.05) is 0 Å². The van der Waals surface area contributed by atoms with Crippen LogP contribution in [-0.2, 0) is 11.0 Å². The number of rotatable bonds is 6. The first-order valence-corrected chi connectivity index (χ1v) is 8.59. The molecule has 0 bridgehead atoms. The summed E-state index contributed by atoms with van der Waals surface area (Å²) in [6.45, 7) is 0. The topological polar surface area (TPSA) is 119 Å². The maximum Gasteiger partial charge on any atom is 0.417 e. The molecule has 2 atom stereocenters. The second kappa shape index (κ2) is 8.47. The second-order valence-corrected chi connectivity index (χ2v) is 6.25. The van der Waals surface area contributed by atoms with Crippen molar-refractivity contribution in [2.45, 2.75) is 18.4 Å². The number of carbonyl (C=O) groups excluding carboxylic acids is 1. The number of hydrogen-bond donors (Lipinski definition) is 3. The van der Waals surface area contributed by atoms with Gasteiger partial charge in [-0.25, -0.2) is 9.97 Å². The van der Waals surface area contributed by atoms with Gasteiger partial charge in [0.25, 0.3) is 0 Å². The second-order valence-electron chi connectivity index (χ2n) is 6.25. The summed E-state index contributed by atoms with van der Waals surface area (Å²) in [5.41, 5.74) is 5.25. The van der Waals surface area contributed by atoms with Gasteiger partial charge in [0.1, 0.15) is 11.9 Å². The standard InChI is InChI=1S/C20H16F3N3O4/c21-20(22,23)12-6-9-16(25-10-12)30-13-7-4-11(5-8-13)14-2-1-3-15(26-14)17(27)18(28)19(24)29/h1-10,17-18,27-28H,(H2,24,29). The highest BCUT2D eigenvalue weighted by Crippen LogP contribution is 2.30. The third-order valence-electron chi connectivity index (χ3n) is 4.10. The van der Waals surface area contributed by atoms with Gasteiger partial charge in [-0.3, -0.25) is 4.79 Å². The molecule has 0 aliphatic rings. The Morgan fingerprint density at radius 3 is 2.30 bits per heavy atom. The number of halogens is 3. The van der Waals surface area contributed by atoms with Crippen molar-refractivity contribution >= 4 is 5.91 Å². The van der Waals surface area contributed by atoms with Crippen LogP contribution in [0.25, 0.3) is 11.3 Å². The third-order valence-corrected chi connectivity index (χ3v) is 4.10. The summed E-state index contributed by atoms with van der Waals surface area (Å²) in [4.78, 5) is 18.9. The number of amides is 1. The van der Waals surface area contributed by atoms with Crippen LogP contribution in [-0.4, -0.2) is 32.2 Å². The zero-order chi connectivity index (χ0) is 21.9. The molecule has 2 heterocycles. The fourth-order valence-electron chi connectivity index (χ4n) is 2.52. The Morgan fingerprint density at radius 1 is 1.03 bits per heavy atom. The van der Waals surface area contributed by atoms with Crippen molar-refractivity contribution in [1.82, 2.24) is 9.97 Å². The quantitative estimate of drug-likeness (QED) is 0.565. The Kier molecular flexibility index (Phi) is 5.99. The molecule has 2 aromatic heterocycles. The highest BCUT2D eigenvalue weighted by molar-refractivity contribution is 5.79. The van der Waals surface area contributed by atoms with Crippen molar-refractivity contribution in [3.63, 3.8) is 0 Å². The first-order valence-electron chi connectivity index (χ1n) is 8.59. The highest BCUT2D eigenvalue weighted by Gasteiger charge is 2.30. The van der Waals surface area contributed by atoms with Crippen molar-refractivity contribution in [3.8, 4) is 22.9 Å². The lowest BCUT2D eigenvalue weighted by Crippen LogP contribution is -2.34. The lowest BCUT2D eigenvalue weighted by molar-refractivity contribution is -0.137. The number of hydrogen-bond acceptors (Lipinski definition) is 6.